The number of nitrogens with one attached hydrogen (secondary N) is 4. The van der Waals surface area contributed by atoms with Crippen molar-refractivity contribution in [2.75, 3.05) is 39.4 Å². The number of likely N-dealkylation sites (tertiary alicyclic amines) is 1. The normalized spacial score (nSPS) is 19.1. The molecular weight excluding hydrogens is 1220 g/mol. The van der Waals surface area contributed by atoms with Gasteiger partial charge in [0.15, 0.2) is 6.61 Å². The number of rotatable bonds is 19. The molecule has 0 saturated carbocycles. The lowest BCUT2D eigenvalue weighted by Gasteiger charge is -2.43. The number of ether oxygens (including phenoxy) is 2. The molecule has 2 fully saturated rings. The molecule has 90 heavy (non-hydrogen) atoms. The molecule has 0 radical (unpaired) electrons. The van der Waals surface area contributed by atoms with Crippen LogP contribution in [0.5, 0.6) is 5.75 Å². The van der Waals surface area contributed by atoms with Crippen molar-refractivity contribution in [1.29, 1.82) is 0 Å². The smallest absolute Gasteiger partial charge is 0.399 e. The first kappa shape index (κ1) is 66.9. The summed E-state index contributed by atoms with van der Waals surface area (Å²) < 4.78 is 53.5. The van der Waals surface area contributed by atoms with Gasteiger partial charge in [0.1, 0.15) is 36.0 Å². The Balaban J connectivity index is 0.838. The van der Waals surface area contributed by atoms with E-state index in [0.717, 1.165) is 56.3 Å². The van der Waals surface area contributed by atoms with Gasteiger partial charge in [0, 0.05) is 55.7 Å². The number of thiophene rings is 1. The number of amides is 7. The quantitative estimate of drug-likeness (QED) is 0.0387. The van der Waals surface area contributed by atoms with Gasteiger partial charge in [0.05, 0.1) is 46.3 Å². The number of halogens is 2. The Bertz CT molecular complexity index is 3720. The van der Waals surface area contributed by atoms with Crippen LogP contribution in [0.3, 0.4) is 0 Å². The van der Waals surface area contributed by atoms with E-state index in [1.807, 2.05) is 68.4 Å². The van der Waals surface area contributed by atoms with Crippen LogP contribution in [0.25, 0.3) is 20.5 Å². The maximum Gasteiger partial charge on any atom is 0.399 e. The standard InChI is InChI=1S/C64H75F2N8O13PS2/c1-36(38-14-16-40(17-15-38)54-37(2)68-35-89-54)69-57(78)47-30-45(75)32-74(47)60(81)55(62(3,4)5)70-52(76)22-23-67-53(77)34-87-46-20-18-41-28-48(59(80)72-24-25-86-49(33-72)39-12-10-9-11-13-39)73(31-43(41)27-46)61(82)56(63(6,7)8)71-58(79)51-29-42-26-44(19-21-50(42)90-51)64(65,66)88(83,84)85/h9-21,26-27,29,35-36,45,47-49,55-56,75H,22-25,28,30-34H2,1-8H3,(H,67,77)(H,69,78)(H,70,76)(H,71,79)(H2,83,84,85)/t36-,45+,47-,48-,49-,55+,56+/m0/s1. The number of aryl methyl sites for hydroxylation is 1. The highest BCUT2D eigenvalue weighted by Crippen LogP contribution is 2.59. The summed E-state index contributed by atoms with van der Waals surface area (Å²) >= 11 is 2.47. The van der Waals surface area contributed by atoms with Gasteiger partial charge in [-0.1, -0.05) is 108 Å². The Hall–Kier alpha value is -7.51. The van der Waals surface area contributed by atoms with Crippen LogP contribution in [0.15, 0.2) is 103 Å². The van der Waals surface area contributed by atoms with Crippen molar-refractivity contribution in [3.8, 4) is 16.2 Å². The first-order valence-electron chi connectivity index (χ1n) is 29.5. The lowest BCUT2D eigenvalue weighted by Crippen LogP contribution is -2.61. The number of aliphatic hydroxyl groups excluding tert-OH is 1. The summed E-state index contributed by atoms with van der Waals surface area (Å²) in [7, 11) is -5.89. The molecule has 0 aliphatic carbocycles. The molecule has 7 amide bonds. The third kappa shape index (κ3) is 15.3. The fourth-order valence-electron chi connectivity index (χ4n) is 11.3. The summed E-state index contributed by atoms with van der Waals surface area (Å²) in [5, 5.41) is 22.2. The second-order valence-corrected chi connectivity index (χ2v) is 28.8. The van der Waals surface area contributed by atoms with Gasteiger partial charge in [-0.3, -0.25) is 38.1 Å². The van der Waals surface area contributed by atoms with Gasteiger partial charge in [0.2, 0.25) is 29.5 Å². The lowest BCUT2D eigenvalue weighted by molar-refractivity contribution is -0.153. The summed E-state index contributed by atoms with van der Waals surface area (Å²) in [6, 6.07) is 21.7. The SMILES string of the molecule is Cc1ncsc1-c1ccc([C@H](C)NC(=O)[C@@H]2C[C@@H](O)CN2C(=O)[C@@H](NC(=O)CCNC(=O)COc2ccc3c(c2)CN(C(=O)[C@@H](NC(=O)c2cc4cc(C(F)(F)P(=O)(O)O)ccc4s2)C(C)(C)C)[C@H](C(=O)N2CCO[C@H](c4ccccc4)C2)C3)C(C)(C)C)cc1. The molecule has 21 nitrogen and oxygen atoms in total. The molecule has 0 bridgehead atoms. The minimum Gasteiger partial charge on any atom is -0.484 e. The molecule has 7 atom stereocenters. The minimum atomic E-state index is -5.89. The molecule has 3 aliphatic heterocycles. The molecule has 2 saturated heterocycles. The van der Waals surface area contributed by atoms with E-state index in [-0.39, 0.29) is 80.5 Å². The van der Waals surface area contributed by atoms with Crippen molar-refractivity contribution in [2.24, 2.45) is 10.8 Å². The molecule has 480 valence electrons. The first-order valence-corrected chi connectivity index (χ1v) is 32.8. The van der Waals surface area contributed by atoms with Gasteiger partial charge in [0.25, 0.3) is 11.8 Å². The van der Waals surface area contributed by atoms with Gasteiger partial charge < -0.3 is 60.3 Å². The van der Waals surface area contributed by atoms with Crippen molar-refractivity contribution < 1.29 is 71.3 Å². The first-order chi connectivity index (χ1) is 42.4. The van der Waals surface area contributed by atoms with E-state index in [0.29, 0.717) is 10.3 Å². The Morgan fingerprint density at radius 2 is 1.50 bits per heavy atom. The second kappa shape index (κ2) is 27.1. The molecule has 5 heterocycles. The fraction of sp³-hybridized carbons (Fsp3) is 0.438. The average Bonchev–Trinajstić information content (AvgIpc) is 1.22. The molecule has 4 aromatic carbocycles. The molecule has 3 aliphatic rings. The van der Waals surface area contributed by atoms with Crippen molar-refractivity contribution in [3.05, 3.63) is 141 Å². The largest absolute Gasteiger partial charge is 0.484 e. The number of fused-ring (bicyclic) bond motifs is 2. The molecule has 0 spiro atoms. The molecule has 0 unspecified atom stereocenters. The van der Waals surface area contributed by atoms with E-state index in [1.54, 1.807) is 70.2 Å². The summed E-state index contributed by atoms with van der Waals surface area (Å²) in [4.78, 5) is 128. The van der Waals surface area contributed by atoms with Crippen LogP contribution < -0.4 is 26.0 Å². The van der Waals surface area contributed by atoms with Crippen molar-refractivity contribution in [3.63, 3.8) is 0 Å². The predicted octanol–water partition coefficient (Wildman–Crippen LogP) is 7.51. The van der Waals surface area contributed by atoms with Crippen LogP contribution in [0.2, 0.25) is 0 Å². The van der Waals surface area contributed by atoms with E-state index in [9.17, 15) is 57.0 Å². The third-order valence-corrected chi connectivity index (χ3v) is 19.5. The van der Waals surface area contributed by atoms with E-state index >= 15 is 4.79 Å². The Morgan fingerprint density at radius 3 is 2.17 bits per heavy atom. The van der Waals surface area contributed by atoms with E-state index in [4.69, 9.17) is 9.47 Å². The van der Waals surface area contributed by atoms with Gasteiger partial charge in [-0.2, -0.15) is 8.78 Å². The number of carbonyl (C=O) groups is 7. The van der Waals surface area contributed by atoms with Gasteiger partial charge >= 0.3 is 13.3 Å². The molecule has 7 N–H and O–H groups in total. The number of nitrogens with zero attached hydrogens (tertiary/aromatic N) is 4. The predicted molar refractivity (Wildman–Crippen MR) is 334 cm³/mol. The number of benzene rings is 4. The van der Waals surface area contributed by atoms with Crippen LogP contribution >= 0.6 is 30.3 Å². The van der Waals surface area contributed by atoms with Crippen LogP contribution in [0.4, 0.5) is 8.78 Å². The number of aromatic nitrogens is 1. The maximum absolute atomic E-state index is 15.2. The fourth-order valence-corrected chi connectivity index (χ4v) is 13.6. The third-order valence-electron chi connectivity index (χ3n) is 16.4. The number of thiazole rings is 1. The number of β-amino-alcohol motifs (C(OH)–C–C–N with tert-alkyl or cyclic N) is 1. The number of hydrogen-bond acceptors (Lipinski definition) is 14. The summed E-state index contributed by atoms with van der Waals surface area (Å²) in [6.07, 6.45) is -1.55. The van der Waals surface area contributed by atoms with Crippen LogP contribution in [0.1, 0.15) is 117 Å². The lowest BCUT2D eigenvalue weighted by atomic mass is 9.84. The Labute approximate surface area is 528 Å². The molecule has 26 heteroatoms. The summed E-state index contributed by atoms with van der Waals surface area (Å²) in [5.41, 5.74) is -0.488. The Kier molecular flexibility index (Phi) is 20.2. The van der Waals surface area contributed by atoms with E-state index < -0.39 is 114 Å². The van der Waals surface area contributed by atoms with Crippen molar-refractivity contribution in [2.45, 2.75) is 129 Å². The monoisotopic (exact) mass is 1300 g/mol. The van der Waals surface area contributed by atoms with Crippen LogP contribution in [-0.2, 0) is 56.7 Å². The number of alkyl halides is 2. The minimum absolute atomic E-state index is 0.00873. The van der Waals surface area contributed by atoms with E-state index in [2.05, 4.69) is 26.3 Å². The van der Waals surface area contributed by atoms with Gasteiger partial charge in [-0.25, -0.2) is 4.98 Å². The number of carbonyl (C=O) groups excluding carboxylic acids is 7. The van der Waals surface area contributed by atoms with Crippen LogP contribution in [0, 0.1) is 17.8 Å². The number of hydrogen-bond donors (Lipinski definition) is 7. The summed E-state index contributed by atoms with van der Waals surface area (Å²) in [6.45, 7) is 14.1. The second-order valence-electron chi connectivity index (χ2n) is 25.2. The zero-order chi connectivity index (χ0) is 65.2. The highest BCUT2D eigenvalue weighted by Gasteiger charge is 2.51. The molecule has 2 aromatic heterocycles. The maximum atomic E-state index is 15.2. The van der Waals surface area contributed by atoms with Crippen molar-refractivity contribution >= 4 is 81.7 Å². The average molecular weight is 1300 g/mol. The zero-order valence-electron chi connectivity index (χ0n) is 51.2. The molecule has 9 rings (SSSR count). The zero-order valence-corrected chi connectivity index (χ0v) is 53.7. The van der Waals surface area contributed by atoms with Gasteiger partial charge in [-0.15, -0.1) is 22.7 Å². The number of morpholine rings is 1. The van der Waals surface area contributed by atoms with Crippen LogP contribution in [-0.4, -0.2) is 146 Å². The van der Waals surface area contributed by atoms with Crippen molar-refractivity contribution in [1.82, 2.24) is 41.0 Å². The summed E-state index contributed by atoms with van der Waals surface area (Å²) in [5.74, 6) is -3.53. The molecular formula is C64H75F2N8O13PS2. The topological polar surface area (TPSA) is 286 Å². The highest BCUT2D eigenvalue weighted by atomic mass is 32.1. The Morgan fingerprint density at radius 1 is 0.811 bits per heavy atom. The molecule has 6 aromatic rings. The highest BCUT2D eigenvalue weighted by molar-refractivity contribution is 7.52. The van der Waals surface area contributed by atoms with E-state index in [1.165, 1.54) is 33.3 Å². The number of aliphatic hydroxyl groups is 1. The van der Waals surface area contributed by atoms with Gasteiger partial charge in [-0.05, 0) is 88.2 Å².